The van der Waals surface area contributed by atoms with Gasteiger partial charge in [-0.3, -0.25) is 38.6 Å². The van der Waals surface area contributed by atoms with Gasteiger partial charge in [0.05, 0.1) is 16.7 Å². The number of hydrogen-bond donors (Lipinski definition) is 10. The molecule has 12 aliphatic heterocycles. The summed E-state index contributed by atoms with van der Waals surface area (Å²) in [6.45, 7) is 4.89. The lowest BCUT2D eigenvalue weighted by Gasteiger charge is -2.28. The number of pyridine rings is 3. The number of hydrogen-bond acceptors (Lipinski definition) is 16. The van der Waals surface area contributed by atoms with E-state index in [0.717, 1.165) is 0 Å². The molecule has 0 spiro atoms. The van der Waals surface area contributed by atoms with E-state index in [-0.39, 0.29) is 100 Å². The van der Waals surface area contributed by atoms with Gasteiger partial charge in [0, 0.05) is 85.1 Å². The highest BCUT2D eigenvalue weighted by atomic mass is 32.1. The van der Waals surface area contributed by atoms with Crippen molar-refractivity contribution in [3.8, 4) is 0 Å². The quantitative estimate of drug-likeness (QED) is 0.118. The molecule has 8 bridgehead atoms. The first-order valence-electron chi connectivity index (χ1n) is 21.1. The zero-order valence-corrected chi connectivity index (χ0v) is 38.1. The lowest BCUT2D eigenvalue weighted by molar-refractivity contribution is 0.0877. The van der Waals surface area contributed by atoms with Crippen LogP contribution in [0, 0.1) is 13.9 Å². The summed E-state index contributed by atoms with van der Waals surface area (Å²) in [6, 6.07) is 8.02. The van der Waals surface area contributed by atoms with Gasteiger partial charge in [-0.25, -0.2) is 0 Å². The summed E-state index contributed by atoms with van der Waals surface area (Å²) in [6.07, 6.45) is 1.36. The molecule has 65 heavy (non-hydrogen) atoms. The maximum atomic E-state index is 13.3. The first-order valence-corrected chi connectivity index (χ1v) is 22.4. The van der Waals surface area contributed by atoms with Gasteiger partial charge in [-0.05, 0) is 75.3 Å². The Bertz CT molecular complexity index is 2320. The zero-order chi connectivity index (χ0) is 47.0. The van der Waals surface area contributed by atoms with Gasteiger partial charge in [0.2, 0.25) is 0 Å². The van der Waals surface area contributed by atoms with Crippen LogP contribution >= 0.6 is 36.7 Å². The molecule has 0 saturated carbocycles. The largest absolute Gasteiger partial charge is 0.427 e. The van der Waals surface area contributed by atoms with Gasteiger partial charge in [0.15, 0.2) is 13.9 Å². The maximum Gasteiger partial charge on any atom is 0.271 e. The third kappa shape index (κ3) is 13.6. The van der Waals surface area contributed by atoms with Crippen LogP contribution < -0.4 is 37.6 Å². The predicted molar refractivity (Wildman–Crippen MR) is 244 cm³/mol. The standard InChI is InChI=1S/C40H55N13O9S3/c41-10-20-49-21-14-45-32(54)26-4-7-29(51(60)38(26)63)35(57)42-11-1-17-48-18-2-12-43-36(58)30-8-5-27(39(64)52(30)61)33(55)46-15-22-50(25-24-49)23-16-47-34(56)28-6-9-31(53(62)40(28)65)37(59)44-13-3-19-48/h4-9,60-62H,1-3,10-25,41H2,(H,42,57)(H,43,58)(H,44,59)(H,45,54)(H,46,55)(H,47,56). The molecule has 3 aromatic heterocycles. The molecule has 22 nitrogen and oxygen atoms in total. The van der Waals surface area contributed by atoms with Crippen molar-refractivity contribution in [2.75, 3.05) is 105 Å². The molecule has 12 aliphatic rings. The highest BCUT2D eigenvalue weighted by molar-refractivity contribution is 7.71. The number of carbonyl (C=O) groups excluding carboxylic acids is 6. The van der Waals surface area contributed by atoms with Gasteiger partial charge >= 0.3 is 0 Å². The Morgan fingerprint density at radius 3 is 1.11 bits per heavy atom. The molecule has 0 radical (unpaired) electrons. The Morgan fingerprint density at radius 1 is 0.431 bits per heavy atom. The number of carbonyl (C=O) groups is 6. The fourth-order valence-electron chi connectivity index (χ4n) is 7.14. The summed E-state index contributed by atoms with van der Waals surface area (Å²) in [5.41, 5.74) is 5.37. The summed E-state index contributed by atoms with van der Waals surface area (Å²) in [4.78, 5) is 85.4. The van der Waals surface area contributed by atoms with Crippen LogP contribution in [0.2, 0.25) is 0 Å². The average molecular weight is 958 g/mol. The van der Waals surface area contributed by atoms with Gasteiger partial charge in [-0.15, -0.1) is 0 Å². The third-order valence-electron chi connectivity index (χ3n) is 10.7. The van der Waals surface area contributed by atoms with Crippen LogP contribution in [0.1, 0.15) is 81.8 Å². The van der Waals surface area contributed by atoms with Crippen molar-refractivity contribution >= 4 is 72.1 Å². The highest BCUT2D eigenvalue weighted by Crippen LogP contribution is 2.11. The zero-order valence-electron chi connectivity index (χ0n) is 35.7. The molecule has 0 aromatic carbocycles. The fraction of sp³-hybridized carbons (Fsp3) is 0.475. The smallest absolute Gasteiger partial charge is 0.271 e. The summed E-state index contributed by atoms with van der Waals surface area (Å²) in [7, 11) is 0. The minimum Gasteiger partial charge on any atom is -0.427 e. The molecule has 352 valence electrons. The van der Waals surface area contributed by atoms with E-state index in [1.807, 2.05) is 9.80 Å². The molecule has 0 saturated heterocycles. The second-order valence-corrected chi connectivity index (χ2v) is 16.3. The van der Waals surface area contributed by atoms with E-state index in [9.17, 15) is 44.4 Å². The van der Waals surface area contributed by atoms with Crippen LogP contribution in [0.4, 0.5) is 0 Å². The molecule has 6 amide bonds. The monoisotopic (exact) mass is 957 g/mol. The van der Waals surface area contributed by atoms with Crippen molar-refractivity contribution in [3.05, 3.63) is 84.1 Å². The highest BCUT2D eigenvalue weighted by Gasteiger charge is 2.21. The van der Waals surface area contributed by atoms with Crippen molar-refractivity contribution < 1.29 is 44.4 Å². The normalized spacial score (nSPS) is 20.1. The number of nitrogens with two attached hydrogens (primary N) is 1. The molecule has 11 N–H and O–H groups in total. The first-order chi connectivity index (χ1) is 31.2. The lowest BCUT2D eigenvalue weighted by Crippen LogP contribution is -2.45. The predicted octanol–water partition coefficient (Wildman–Crippen LogP) is -0.167. The van der Waals surface area contributed by atoms with E-state index in [1.165, 1.54) is 36.4 Å². The van der Waals surface area contributed by atoms with Gasteiger partial charge in [0.25, 0.3) is 35.4 Å². The molecule has 0 aliphatic carbocycles. The lowest BCUT2D eigenvalue weighted by atomic mass is 10.2. The number of nitrogens with zero attached hydrogens (tertiary/aromatic N) is 6. The van der Waals surface area contributed by atoms with E-state index >= 15 is 0 Å². The van der Waals surface area contributed by atoms with Gasteiger partial charge in [-0.1, -0.05) is 36.7 Å². The molecule has 15 heterocycles. The molecular weight excluding hydrogens is 903 g/mol. The first kappa shape index (κ1) is 50.2. The van der Waals surface area contributed by atoms with Crippen LogP contribution in [0.5, 0.6) is 0 Å². The van der Waals surface area contributed by atoms with E-state index in [2.05, 4.69) is 36.8 Å². The summed E-state index contributed by atoms with van der Waals surface area (Å²) in [5.74, 6) is -3.58. The van der Waals surface area contributed by atoms with Crippen molar-refractivity contribution in [1.29, 1.82) is 0 Å². The van der Waals surface area contributed by atoms with E-state index < -0.39 is 35.4 Å². The van der Waals surface area contributed by atoms with Crippen LogP contribution in [0.15, 0.2) is 36.4 Å². The van der Waals surface area contributed by atoms with Gasteiger partial charge in [-0.2, -0.15) is 14.2 Å². The van der Waals surface area contributed by atoms with Crippen LogP contribution in [-0.4, -0.2) is 185 Å². The second kappa shape index (κ2) is 24.5. The Hall–Kier alpha value is -5.83. The van der Waals surface area contributed by atoms with Crippen LogP contribution in [0.3, 0.4) is 0 Å². The Morgan fingerprint density at radius 2 is 0.754 bits per heavy atom. The Kier molecular flexibility index (Phi) is 18.9. The molecular formula is C40H55N13O9S3. The molecule has 0 unspecified atom stereocenters. The Balaban J connectivity index is 1.46. The SMILES string of the molecule is NCCN1CCNC(=O)c2ccc(n(O)c2=S)C(=O)NCCCN2CCCNC(=O)c3ccc(c(=S)n3O)C(=O)NCCN(CCNC(=O)c3ccc(n(O)c3=S)C(=O)NCCC2)CC1. The molecule has 25 heteroatoms. The number of nitrogens with one attached hydrogen (secondary N) is 6. The van der Waals surface area contributed by atoms with Gasteiger partial charge < -0.3 is 58.2 Å². The fourth-order valence-corrected chi connectivity index (χ4v) is 7.92. The summed E-state index contributed by atoms with van der Waals surface area (Å²) in [5, 5.41) is 49.2. The molecule has 3 aromatic rings. The van der Waals surface area contributed by atoms with E-state index in [1.54, 1.807) is 0 Å². The minimum atomic E-state index is -0.620. The molecule has 15 rings (SSSR count). The molecule has 0 fully saturated rings. The number of amides is 6. The van der Waals surface area contributed by atoms with Crippen molar-refractivity contribution in [3.63, 3.8) is 0 Å². The topological polar surface area (TPSA) is 286 Å². The maximum absolute atomic E-state index is 13.3. The minimum absolute atomic E-state index is 0.00546. The third-order valence-corrected chi connectivity index (χ3v) is 11.9. The summed E-state index contributed by atoms with van der Waals surface area (Å²) >= 11 is 16.1. The number of aromatic nitrogens is 3. The number of rotatable bonds is 2. The summed E-state index contributed by atoms with van der Waals surface area (Å²) < 4.78 is 0.718. The van der Waals surface area contributed by atoms with E-state index in [0.29, 0.717) is 85.8 Å². The van der Waals surface area contributed by atoms with Crippen molar-refractivity contribution in [2.24, 2.45) is 5.73 Å². The van der Waals surface area contributed by atoms with Crippen LogP contribution in [0.25, 0.3) is 0 Å². The van der Waals surface area contributed by atoms with E-state index in [4.69, 9.17) is 42.4 Å². The van der Waals surface area contributed by atoms with Gasteiger partial charge in [0.1, 0.15) is 17.1 Å². The second-order valence-electron chi connectivity index (χ2n) is 15.2. The van der Waals surface area contributed by atoms with Crippen LogP contribution in [-0.2, 0) is 0 Å². The van der Waals surface area contributed by atoms with Crippen molar-refractivity contribution in [2.45, 2.75) is 19.3 Å². The van der Waals surface area contributed by atoms with Crippen molar-refractivity contribution in [1.82, 2.24) is 60.8 Å². The Labute approximate surface area is 389 Å². The average Bonchev–Trinajstić information content (AvgIpc) is 3.28. The molecule has 0 atom stereocenters.